The molecule has 1 aliphatic heterocycles. The van der Waals surface area contributed by atoms with Gasteiger partial charge in [-0.25, -0.2) is 0 Å². The number of nitrogens with one attached hydrogen (secondary N) is 2. The molecule has 29 heavy (non-hydrogen) atoms. The fraction of sp³-hybridized carbons (Fsp3) is 0.375. The van der Waals surface area contributed by atoms with Crippen molar-refractivity contribution in [3.8, 4) is 0 Å². The fourth-order valence-corrected chi connectivity index (χ4v) is 4.40. The molecule has 4 rings (SSSR count). The fourth-order valence-electron chi connectivity index (χ4n) is 4.40. The zero-order chi connectivity index (χ0) is 20.2. The van der Waals surface area contributed by atoms with Crippen molar-refractivity contribution in [2.24, 2.45) is 5.92 Å². The molecule has 0 bridgehead atoms. The van der Waals surface area contributed by atoms with Gasteiger partial charge in [0.1, 0.15) is 0 Å². The van der Waals surface area contributed by atoms with Gasteiger partial charge in [0, 0.05) is 5.69 Å². The van der Waals surface area contributed by atoms with Crippen LogP contribution in [0.15, 0.2) is 54.6 Å². The van der Waals surface area contributed by atoms with Crippen molar-refractivity contribution in [3.63, 3.8) is 0 Å². The average Bonchev–Trinajstić information content (AvgIpc) is 3.03. The quantitative estimate of drug-likeness (QED) is 0.766. The highest BCUT2D eigenvalue weighted by Crippen LogP contribution is 2.33. The van der Waals surface area contributed by atoms with Crippen LogP contribution in [0.3, 0.4) is 0 Å². The highest BCUT2D eigenvalue weighted by atomic mass is 16.2. The van der Waals surface area contributed by atoms with Crippen molar-refractivity contribution < 1.29 is 14.4 Å². The van der Waals surface area contributed by atoms with Crippen LogP contribution in [0.2, 0.25) is 0 Å². The number of carbonyl (C=O) groups is 3. The monoisotopic (exact) mass is 390 g/mol. The van der Waals surface area contributed by atoms with Crippen molar-refractivity contribution in [1.29, 1.82) is 0 Å². The molecule has 2 aliphatic rings. The first-order chi connectivity index (χ1) is 14.1. The lowest BCUT2D eigenvalue weighted by Gasteiger charge is -2.22. The van der Waals surface area contributed by atoms with E-state index in [4.69, 9.17) is 0 Å². The normalized spacial score (nSPS) is 22.3. The van der Waals surface area contributed by atoms with E-state index in [1.807, 2.05) is 54.6 Å². The third-order valence-corrected chi connectivity index (χ3v) is 6.01. The van der Waals surface area contributed by atoms with Gasteiger partial charge in [-0.15, -0.1) is 0 Å². The van der Waals surface area contributed by atoms with Crippen molar-refractivity contribution >= 4 is 23.3 Å². The Morgan fingerprint density at radius 3 is 2.31 bits per heavy atom. The number of hydrogen-bond acceptors (Lipinski definition) is 3. The van der Waals surface area contributed by atoms with Gasteiger partial charge in [-0.1, -0.05) is 61.7 Å². The first-order valence-corrected chi connectivity index (χ1v) is 10.4. The Morgan fingerprint density at radius 2 is 1.62 bits per heavy atom. The second-order valence-corrected chi connectivity index (χ2v) is 8.03. The molecule has 2 fully saturated rings. The summed E-state index contributed by atoms with van der Waals surface area (Å²) >= 11 is 0. The van der Waals surface area contributed by atoms with Gasteiger partial charge in [0.05, 0.1) is 6.04 Å². The van der Waals surface area contributed by atoms with Crippen molar-refractivity contribution in [2.75, 3.05) is 5.32 Å². The van der Waals surface area contributed by atoms with Crippen LogP contribution in [0.4, 0.5) is 5.69 Å². The van der Waals surface area contributed by atoms with Crippen LogP contribution in [0.25, 0.3) is 0 Å². The summed E-state index contributed by atoms with van der Waals surface area (Å²) in [5.74, 6) is -2.15. The molecule has 1 heterocycles. The maximum Gasteiger partial charge on any atom is 0.244 e. The van der Waals surface area contributed by atoms with Crippen LogP contribution in [0.5, 0.6) is 0 Å². The summed E-state index contributed by atoms with van der Waals surface area (Å²) in [5.41, 5.74) is 2.85. The van der Waals surface area contributed by atoms with Gasteiger partial charge in [-0.3, -0.25) is 14.4 Å². The van der Waals surface area contributed by atoms with Crippen LogP contribution in [-0.2, 0) is 20.8 Å². The van der Waals surface area contributed by atoms with E-state index in [-0.39, 0.29) is 5.78 Å². The number of Topliss-reactive ketones (excluding diaryl/α,β-unsaturated/α-hetero) is 1. The molecule has 5 heteroatoms. The first kappa shape index (κ1) is 19.4. The molecule has 1 aliphatic carbocycles. The Morgan fingerprint density at radius 1 is 0.931 bits per heavy atom. The second-order valence-electron chi connectivity index (χ2n) is 8.03. The molecule has 5 nitrogen and oxygen atoms in total. The minimum absolute atomic E-state index is 0.366. The lowest BCUT2D eigenvalue weighted by Crippen LogP contribution is -2.33. The Kier molecular flexibility index (Phi) is 5.74. The largest absolute Gasteiger partial charge is 0.345 e. The third kappa shape index (κ3) is 4.39. The molecule has 1 saturated carbocycles. The molecule has 0 radical (unpaired) electrons. The molecule has 2 aromatic carbocycles. The summed E-state index contributed by atoms with van der Waals surface area (Å²) in [6.07, 6.45) is 6.67. The number of rotatable bonds is 5. The van der Waals surface area contributed by atoms with Crippen LogP contribution < -0.4 is 10.6 Å². The summed E-state index contributed by atoms with van der Waals surface area (Å²) in [6, 6.07) is 16.6. The van der Waals surface area contributed by atoms with Crippen molar-refractivity contribution in [1.82, 2.24) is 5.32 Å². The topological polar surface area (TPSA) is 75.3 Å². The maximum absolute atomic E-state index is 12.7. The SMILES string of the molecule is O=C(Nc1ccc(C2CCCCC2)cc1)C1C(=O)NC(Cc2ccccc2)C1=O. The van der Waals surface area contributed by atoms with E-state index in [0.717, 1.165) is 5.56 Å². The van der Waals surface area contributed by atoms with E-state index in [9.17, 15) is 14.4 Å². The van der Waals surface area contributed by atoms with Crippen molar-refractivity contribution in [3.05, 3.63) is 65.7 Å². The first-order valence-electron chi connectivity index (χ1n) is 10.4. The number of carbonyl (C=O) groups excluding carboxylic acids is 3. The summed E-state index contributed by atoms with van der Waals surface area (Å²) in [7, 11) is 0. The Hall–Kier alpha value is -2.95. The molecule has 0 spiro atoms. The highest BCUT2D eigenvalue weighted by Gasteiger charge is 2.45. The van der Waals surface area contributed by atoms with Gasteiger partial charge in [0.2, 0.25) is 11.8 Å². The number of amides is 2. The predicted molar refractivity (Wildman–Crippen MR) is 111 cm³/mol. The minimum atomic E-state index is -1.29. The zero-order valence-electron chi connectivity index (χ0n) is 16.4. The second kappa shape index (κ2) is 8.60. The van der Waals surface area contributed by atoms with Crippen LogP contribution in [0, 0.1) is 5.92 Å². The third-order valence-electron chi connectivity index (χ3n) is 6.01. The Labute approximate surface area is 170 Å². The van der Waals surface area contributed by atoms with Gasteiger partial charge in [-0.2, -0.15) is 0 Å². The summed E-state index contributed by atoms with van der Waals surface area (Å²) in [6.45, 7) is 0. The molecule has 2 amide bonds. The molecular weight excluding hydrogens is 364 g/mol. The minimum Gasteiger partial charge on any atom is -0.345 e. The average molecular weight is 390 g/mol. The number of hydrogen-bond donors (Lipinski definition) is 2. The van der Waals surface area contributed by atoms with E-state index >= 15 is 0 Å². The molecule has 1 saturated heterocycles. The number of ketones is 1. The molecule has 0 aromatic heterocycles. The van der Waals surface area contributed by atoms with E-state index in [1.165, 1.54) is 37.7 Å². The van der Waals surface area contributed by atoms with Gasteiger partial charge in [0.15, 0.2) is 11.7 Å². The van der Waals surface area contributed by atoms with Gasteiger partial charge >= 0.3 is 0 Å². The van der Waals surface area contributed by atoms with Crippen LogP contribution in [0.1, 0.15) is 49.1 Å². The Bertz CT molecular complexity index is 886. The summed E-state index contributed by atoms with van der Waals surface area (Å²) in [5, 5.41) is 5.41. The molecule has 2 unspecified atom stereocenters. The van der Waals surface area contributed by atoms with Crippen LogP contribution >= 0.6 is 0 Å². The zero-order valence-corrected chi connectivity index (χ0v) is 16.4. The van der Waals surface area contributed by atoms with E-state index in [2.05, 4.69) is 10.6 Å². The van der Waals surface area contributed by atoms with Gasteiger partial charge in [0.25, 0.3) is 0 Å². The maximum atomic E-state index is 12.7. The highest BCUT2D eigenvalue weighted by molar-refractivity contribution is 6.26. The van der Waals surface area contributed by atoms with Crippen LogP contribution in [-0.4, -0.2) is 23.6 Å². The number of benzene rings is 2. The lowest BCUT2D eigenvalue weighted by molar-refractivity contribution is -0.135. The van der Waals surface area contributed by atoms with E-state index in [1.54, 1.807) is 0 Å². The molecule has 2 atom stereocenters. The Balaban J connectivity index is 1.38. The van der Waals surface area contributed by atoms with E-state index < -0.39 is 23.8 Å². The van der Waals surface area contributed by atoms with Crippen molar-refractivity contribution in [2.45, 2.75) is 50.5 Å². The number of anilines is 1. The van der Waals surface area contributed by atoms with Gasteiger partial charge < -0.3 is 10.6 Å². The van der Waals surface area contributed by atoms with E-state index in [0.29, 0.717) is 18.0 Å². The summed E-state index contributed by atoms with van der Waals surface area (Å²) < 4.78 is 0. The molecule has 150 valence electrons. The lowest BCUT2D eigenvalue weighted by atomic mass is 9.84. The standard InChI is InChI=1S/C24H26N2O3/c27-22-20(15-16-7-3-1-4-8-16)26-24(29)21(22)23(28)25-19-13-11-18(12-14-19)17-9-5-2-6-10-17/h1,3-4,7-8,11-14,17,20-21H,2,5-6,9-10,15H2,(H,25,28)(H,26,29). The summed E-state index contributed by atoms with van der Waals surface area (Å²) in [4.78, 5) is 37.6. The smallest absolute Gasteiger partial charge is 0.244 e. The predicted octanol–water partition coefficient (Wildman–Crippen LogP) is 3.60. The molecule has 2 N–H and O–H groups in total. The molecule has 2 aromatic rings. The molecular formula is C24H26N2O3. The van der Waals surface area contributed by atoms with Gasteiger partial charge in [-0.05, 0) is 48.4 Å².